The van der Waals surface area contributed by atoms with E-state index in [1.165, 1.54) is 12.2 Å². The molecule has 0 fully saturated rings. The molecule has 0 N–H and O–H groups in total. The number of rotatable bonds is 4. The summed E-state index contributed by atoms with van der Waals surface area (Å²) >= 11 is 0. The molecule has 0 aromatic carbocycles. The molecule has 0 atom stereocenters. The number of allylic oxidation sites excluding steroid dienone is 17. The van der Waals surface area contributed by atoms with Gasteiger partial charge in [0.15, 0.2) is 0 Å². The monoisotopic (exact) mass is 310 g/mol. The summed E-state index contributed by atoms with van der Waals surface area (Å²) < 4.78 is 29.1. The summed E-state index contributed by atoms with van der Waals surface area (Å²) in [6.07, 6.45) is 20.1. The van der Waals surface area contributed by atoms with Crippen molar-refractivity contribution in [2.24, 2.45) is 0 Å². The molecule has 0 amide bonds. The van der Waals surface area contributed by atoms with E-state index in [1.807, 2.05) is 30.4 Å². The van der Waals surface area contributed by atoms with Gasteiger partial charge in [-0.2, -0.15) is 0 Å². The van der Waals surface area contributed by atoms with Crippen LogP contribution in [0.15, 0.2) is 107 Å². The van der Waals surface area contributed by atoms with Crippen LogP contribution in [0.25, 0.3) is 0 Å². The van der Waals surface area contributed by atoms with Crippen molar-refractivity contribution in [2.45, 2.75) is 19.8 Å². The van der Waals surface area contributed by atoms with Crippen LogP contribution in [0.2, 0.25) is 0 Å². The number of hydrogen-bond acceptors (Lipinski definition) is 0. The van der Waals surface area contributed by atoms with Crippen LogP contribution >= 0.6 is 0 Å². The van der Waals surface area contributed by atoms with Crippen LogP contribution in [-0.4, -0.2) is 0 Å². The fraction of sp³-hybridized carbons (Fsp3) is 0.143. The Balaban J connectivity index is 2.48. The van der Waals surface area contributed by atoms with Crippen molar-refractivity contribution in [1.29, 1.82) is 0 Å². The summed E-state index contributed by atoms with van der Waals surface area (Å²) in [6.45, 7) is 5.40. The zero-order chi connectivity index (χ0) is 16.7. The van der Waals surface area contributed by atoms with E-state index in [0.29, 0.717) is 11.1 Å². The molecule has 0 nitrogen and oxygen atoms in total. The van der Waals surface area contributed by atoms with E-state index in [-0.39, 0.29) is 12.0 Å². The highest BCUT2D eigenvalue weighted by Crippen LogP contribution is 2.33. The van der Waals surface area contributed by atoms with Gasteiger partial charge in [-0.15, -0.1) is 0 Å². The van der Waals surface area contributed by atoms with Crippen LogP contribution in [0, 0.1) is 0 Å². The first-order valence-corrected chi connectivity index (χ1v) is 7.63. The zero-order valence-corrected chi connectivity index (χ0v) is 13.2. The van der Waals surface area contributed by atoms with Gasteiger partial charge in [-0.25, -0.2) is 8.78 Å². The molecule has 0 aromatic heterocycles. The van der Waals surface area contributed by atoms with Gasteiger partial charge in [0.05, 0.1) is 0 Å². The Hall–Kier alpha value is -2.48. The van der Waals surface area contributed by atoms with Crippen LogP contribution in [0.1, 0.15) is 19.8 Å². The molecule has 2 aliphatic carbocycles. The molecule has 0 aliphatic heterocycles. The Morgan fingerprint density at radius 3 is 2.83 bits per heavy atom. The molecular weight excluding hydrogens is 290 g/mol. The molecule has 0 saturated carbocycles. The first-order valence-electron chi connectivity index (χ1n) is 7.63. The van der Waals surface area contributed by atoms with E-state index in [1.54, 1.807) is 31.2 Å². The van der Waals surface area contributed by atoms with E-state index in [9.17, 15) is 8.78 Å². The van der Waals surface area contributed by atoms with Crippen LogP contribution in [-0.2, 0) is 0 Å². The molecule has 0 radical (unpaired) electrons. The largest absolute Gasteiger partial charge is 0.207 e. The third-order valence-electron chi connectivity index (χ3n) is 3.67. The van der Waals surface area contributed by atoms with Gasteiger partial charge in [-0.05, 0) is 48.6 Å². The second-order valence-corrected chi connectivity index (χ2v) is 5.17. The van der Waals surface area contributed by atoms with Gasteiger partial charge in [0.1, 0.15) is 11.7 Å². The maximum atomic E-state index is 14.7. The minimum Gasteiger partial charge on any atom is -0.207 e. The smallest absolute Gasteiger partial charge is 0.128 e. The molecule has 0 heterocycles. The lowest BCUT2D eigenvalue weighted by molar-refractivity contribution is 0.645. The number of hydrogen-bond donors (Lipinski definition) is 0. The fourth-order valence-electron chi connectivity index (χ4n) is 2.45. The van der Waals surface area contributed by atoms with Crippen LogP contribution in [0.3, 0.4) is 0 Å². The zero-order valence-electron chi connectivity index (χ0n) is 13.2. The second kappa shape index (κ2) is 8.23. The highest BCUT2D eigenvalue weighted by Gasteiger charge is 2.17. The summed E-state index contributed by atoms with van der Waals surface area (Å²) in [5, 5.41) is 0. The van der Waals surface area contributed by atoms with Crippen molar-refractivity contribution in [2.75, 3.05) is 0 Å². The standard InChI is InChI=1S/C21H20F2/c1-3-5-10-16(4-2)19-15-21(23)18(13-14-20(19)22)17-11-8-6-7-9-12-17/h3-6,8-12,14-15H,1,7,13H2,2H3/b10-5-,16-4+. The lowest BCUT2D eigenvalue weighted by atomic mass is 10.0. The van der Waals surface area contributed by atoms with Crippen LogP contribution < -0.4 is 0 Å². The predicted octanol–water partition coefficient (Wildman–Crippen LogP) is 6.52. The first kappa shape index (κ1) is 16.9. The summed E-state index contributed by atoms with van der Waals surface area (Å²) in [7, 11) is 0. The first-order chi connectivity index (χ1) is 11.2. The molecule has 2 heteroatoms. The molecule has 0 bridgehead atoms. The minimum atomic E-state index is -0.411. The van der Waals surface area contributed by atoms with Crippen molar-refractivity contribution < 1.29 is 8.78 Å². The molecular formula is C21H20F2. The van der Waals surface area contributed by atoms with E-state index in [4.69, 9.17) is 0 Å². The normalized spacial score (nSPS) is 19.3. The van der Waals surface area contributed by atoms with Crippen LogP contribution in [0.4, 0.5) is 8.78 Å². The quantitative estimate of drug-likeness (QED) is 0.518. The second-order valence-electron chi connectivity index (χ2n) is 5.17. The SMILES string of the molecule is C=C/C=C\C(=C/C)C1=CC(F)=C(C2=CC=CCC=C2)CC=C1F. The van der Waals surface area contributed by atoms with Gasteiger partial charge in [-0.1, -0.05) is 61.3 Å². The van der Waals surface area contributed by atoms with E-state index in [0.717, 1.165) is 12.0 Å². The lowest BCUT2D eigenvalue weighted by Gasteiger charge is -2.06. The fourth-order valence-corrected chi connectivity index (χ4v) is 2.45. The lowest BCUT2D eigenvalue weighted by Crippen LogP contribution is -1.89. The van der Waals surface area contributed by atoms with Crippen molar-refractivity contribution >= 4 is 0 Å². The summed E-state index contributed by atoms with van der Waals surface area (Å²) in [5.74, 6) is -0.813. The van der Waals surface area contributed by atoms with Crippen molar-refractivity contribution in [1.82, 2.24) is 0 Å². The molecule has 118 valence electrons. The highest BCUT2D eigenvalue weighted by molar-refractivity contribution is 5.57. The van der Waals surface area contributed by atoms with E-state index >= 15 is 0 Å². The molecule has 0 saturated heterocycles. The van der Waals surface area contributed by atoms with Crippen molar-refractivity contribution in [3.8, 4) is 0 Å². The van der Waals surface area contributed by atoms with Gasteiger partial charge >= 0.3 is 0 Å². The Bertz CT molecular complexity index is 717. The van der Waals surface area contributed by atoms with Gasteiger partial charge in [0, 0.05) is 5.57 Å². The van der Waals surface area contributed by atoms with Crippen molar-refractivity contribution in [3.63, 3.8) is 0 Å². The Morgan fingerprint density at radius 2 is 2.09 bits per heavy atom. The third kappa shape index (κ3) is 4.26. The number of halogens is 2. The van der Waals surface area contributed by atoms with E-state index in [2.05, 4.69) is 6.58 Å². The maximum Gasteiger partial charge on any atom is 0.128 e. The maximum absolute atomic E-state index is 14.7. The Morgan fingerprint density at radius 1 is 1.26 bits per heavy atom. The minimum absolute atomic E-state index is 0.226. The molecule has 23 heavy (non-hydrogen) atoms. The average Bonchev–Trinajstić information content (AvgIpc) is 2.89. The van der Waals surface area contributed by atoms with Gasteiger partial charge in [0.25, 0.3) is 0 Å². The molecule has 0 spiro atoms. The highest BCUT2D eigenvalue weighted by atomic mass is 19.1. The summed E-state index contributed by atoms with van der Waals surface area (Å²) in [4.78, 5) is 0. The Kier molecular flexibility index (Phi) is 6.04. The van der Waals surface area contributed by atoms with Gasteiger partial charge < -0.3 is 0 Å². The van der Waals surface area contributed by atoms with E-state index < -0.39 is 11.7 Å². The average molecular weight is 310 g/mol. The predicted molar refractivity (Wildman–Crippen MR) is 94.1 cm³/mol. The Labute approximate surface area is 136 Å². The summed E-state index contributed by atoms with van der Waals surface area (Å²) in [6, 6.07) is 0. The van der Waals surface area contributed by atoms with Gasteiger partial charge in [-0.3, -0.25) is 0 Å². The molecule has 0 aromatic rings. The van der Waals surface area contributed by atoms with Gasteiger partial charge in [0.2, 0.25) is 0 Å². The molecule has 0 unspecified atom stereocenters. The topological polar surface area (TPSA) is 0 Å². The summed E-state index contributed by atoms with van der Waals surface area (Å²) in [5.41, 5.74) is 2.16. The molecule has 2 aliphatic rings. The van der Waals surface area contributed by atoms with Crippen LogP contribution in [0.5, 0.6) is 0 Å². The third-order valence-corrected chi connectivity index (χ3v) is 3.67. The van der Waals surface area contributed by atoms with Crippen molar-refractivity contribution in [3.05, 3.63) is 107 Å². The molecule has 2 rings (SSSR count).